The van der Waals surface area contributed by atoms with Crippen LogP contribution in [-0.4, -0.2) is 13.2 Å². The van der Waals surface area contributed by atoms with Gasteiger partial charge < -0.3 is 4.74 Å². The number of hydrogen-bond acceptors (Lipinski definition) is 3. The number of ether oxygens (including phenoxy) is 1. The van der Waals surface area contributed by atoms with Crippen molar-refractivity contribution in [3.05, 3.63) is 42.1 Å². The van der Waals surface area contributed by atoms with Crippen molar-refractivity contribution in [3.8, 4) is 5.75 Å². The number of benzene rings is 1. The third kappa shape index (κ3) is 2.88. The third-order valence-electron chi connectivity index (χ3n) is 1.75. The molecule has 0 fully saturated rings. The topological polar surface area (TPSA) is 38.7 Å². The zero-order chi connectivity index (χ0) is 10.4. The van der Waals surface area contributed by atoms with Crippen LogP contribution in [0, 0.1) is 0 Å². The normalized spacial score (nSPS) is 8.93. The van der Waals surface area contributed by atoms with Crippen LogP contribution in [0.25, 0.3) is 0 Å². The molecule has 0 amide bonds. The Labute approximate surface area is 82.7 Å². The van der Waals surface area contributed by atoms with E-state index in [1.165, 1.54) is 6.08 Å². The largest absolute Gasteiger partial charge is 0.497 e. The number of allylic oxidation sites excluding steroid dienone is 1. The maximum atomic E-state index is 9.95. The highest BCUT2D eigenvalue weighted by Crippen LogP contribution is 2.15. The maximum absolute atomic E-state index is 9.95. The van der Waals surface area contributed by atoms with Crippen molar-refractivity contribution in [2.75, 3.05) is 7.11 Å². The van der Waals surface area contributed by atoms with Crippen molar-refractivity contribution >= 4 is 6.08 Å². The molecule has 1 aromatic rings. The van der Waals surface area contributed by atoms with Crippen LogP contribution in [0.1, 0.15) is 5.56 Å². The minimum absolute atomic E-state index is 0.494. The molecule has 3 nitrogen and oxygen atoms in total. The number of carbonyl (C=O) groups excluding carboxylic acids is 1. The molecule has 0 atom stereocenters. The van der Waals surface area contributed by atoms with Gasteiger partial charge >= 0.3 is 0 Å². The lowest BCUT2D eigenvalue weighted by atomic mass is 10.1. The highest BCUT2D eigenvalue weighted by Gasteiger charge is 1.97. The molecule has 0 N–H and O–H groups in total. The minimum atomic E-state index is 0.494. The summed E-state index contributed by atoms with van der Waals surface area (Å²) in [5.74, 6) is 0.783. The molecule has 72 valence electrons. The molecule has 14 heavy (non-hydrogen) atoms. The molecule has 0 aliphatic rings. The fourth-order valence-electron chi connectivity index (χ4n) is 1.12. The van der Waals surface area contributed by atoms with Crippen LogP contribution >= 0.6 is 0 Å². The summed E-state index contributed by atoms with van der Waals surface area (Å²) < 4.78 is 5.06. The van der Waals surface area contributed by atoms with Crippen LogP contribution in [0.3, 0.4) is 0 Å². The van der Waals surface area contributed by atoms with E-state index in [2.05, 4.69) is 11.6 Å². The summed E-state index contributed by atoms with van der Waals surface area (Å²) in [6, 6.07) is 7.54. The van der Waals surface area contributed by atoms with Gasteiger partial charge in [-0.25, -0.2) is 4.79 Å². The van der Waals surface area contributed by atoms with Crippen LogP contribution < -0.4 is 4.74 Å². The second kappa shape index (κ2) is 5.00. The summed E-state index contributed by atoms with van der Waals surface area (Å²) in [6.45, 7) is 3.63. The van der Waals surface area contributed by atoms with Crippen molar-refractivity contribution in [3.63, 3.8) is 0 Å². The van der Waals surface area contributed by atoms with Gasteiger partial charge in [0, 0.05) is 6.42 Å². The Bertz CT molecular complexity index is 379. The van der Waals surface area contributed by atoms with Crippen LogP contribution in [0.15, 0.2) is 41.5 Å². The Morgan fingerprint density at radius 2 is 2.43 bits per heavy atom. The first-order valence-corrected chi connectivity index (χ1v) is 4.15. The number of nitrogens with zero attached hydrogens (tertiary/aromatic N) is 1. The monoisotopic (exact) mass is 189 g/mol. The van der Waals surface area contributed by atoms with Crippen molar-refractivity contribution in [2.45, 2.75) is 6.42 Å². The molecule has 0 heterocycles. The second-order valence-electron chi connectivity index (χ2n) is 2.80. The van der Waals surface area contributed by atoms with Crippen LogP contribution in [0.5, 0.6) is 5.75 Å². The number of isocyanates is 1. The quantitative estimate of drug-likeness (QED) is 0.537. The Kier molecular flexibility index (Phi) is 3.65. The molecule has 0 unspecified atom stereocenters. The van der Waals surface area contributed by atoms with Gasteiger partial charge in [-0.3, -0.25) is 0 Å². The van der Waals surface area contributed by atoms with E-state index in [-0.39, 0.29) is 0 Å². The second-order valence-corrected chi connectivity index (χ2v) is 2.80. The predicted molar refractivity (Wildman–Crippen MR) is 54.0 cm³/mol. The van der Waals surface area contributed by atoms with Gasteiger partial charge in [-0.05, 0) is 17.7 Å². The molecule has 1 aromatic carbocycles. The maximum Gasteiger partial charge on any atom is 0.240 e. The first-order chi connectivity index (χ1) is 6.76. The summed E-state index contributed by atoms with van der Waals surface area (Å²) in [7, 11) is 1.61. The summed E-state index contributed by atoms with van der Waals surface area (Å²) in [6.07, 6.45) is 1.99. The van der Waals surface area contributed by atoms with Gasteiger partial charge in [0.05, 0.1) is 12.8 Å². The molecule has 0 aromatic heterocycles. The minimum Gasteiger partial charge on any atom is -0.497 e. The SMILES string of the molecule is C=C(Cc1cccc(OC)c1)N=C=O. The highest BCUT2D eigenvalue weighted by atomic mass is 16.5. The highest BCUT2D eigenvalue weighted by molar-refractivity contribution is 5.38. The van der Waals surface area contributed by atoms with Crippen LogP contribution in [0.4, 0.5) is 0 Å². The van der Waals surface area contributed by atoms with E-state index in [0.29, 0.717) is 12.1 Å². The molecular formula is C11H11NO2. The Hall–Kier alpha value is -1.86. The van der Waals surface area contributed by atoms with Crippen LogP contribution in [-0.2, 0) is 11.2 Å². The molecule has 0 aliphatic heterocycles. The van der Waals surface area contributed by atoms with Crippen molar-refractivity contribution < 1.29 is 9.53 Å². The average Bonchev–Trinajstić information content (AvgIpc) is 2.18. The van der Waals surface area contributed by atoms with Gasteiger partial charge in [0.25, 0.3) is 0 Å². The van der Waals surface area contributed by atoms with Gasteiger partial charge in [0.2, 0.25) is 6.08 Å². The standard InChI is InChI=1S/C11H11NO2/c1-9(12-8-13)6-10-4-3-5-11(7-10)14-2/h3-5,7H,1,6H2,2H3. The van der Waals surface area contributed by atoms with Crippen LogP contribution in [0.2, 0.25) is 0 Å². The fourth-order valence-corrected chi connectivity index (χ4v) is 1.12. The third-order valence-corrected chi connectivity index (χ3v) is 1.75. The smallest absolute Gasteiger partial charge is 0.240 e. The molecule has 1 rings (SSSR count). The molecular weight excluding hydrogens is 178 g/mol. The lowest BCUT2D eigenvalue weighted by Crippen LogP contribution is -1.88. The van der Waals surface area contributed by atoms with Gasteiger partial charge in [0.1, 0.15) is 5.75 Å². The number of methoxy groups -OCH3 is 1. The van der Waals surface area contributed by atoms with E-state index in [0.717, 1.165) is 11.3 Å². The number of hydrogen-bond donors (Lipinski definition) is 0. The molecule has 0 radical (unpaired) electrons. The lowest BCUT2D eigenvalue weighted by Gasteiger charge is -2.02. The zero-order valence-electron chi connectivity index (χ0n) is 7.99. The van der Waals surface area contributed by atoms with Gasteiger partial charge in [-0.1, -0.05) is 18.7 Å². The van der Waals surface area contributed by atoms with Gasteiger partial charge in [-0.15, -0.1) is 0 Å². The van der Waals surface area contributed by atoms with Gasteiger partial charge in [-0.2, -0.15) is 4.99 Å². The number of aliphatic imine (C=N–C) groups is 1. The molecule has 0 saturated heterocycles. The first kappa shape index (κ1) is 10.2. The Morgan fingerprint density at radius 3 is 3.07 bits per heavy atom. The molecule has 0 aliphatic carbocycles. The van der Waals surface area contributed by atoms with Crippen molar-refractivity contribution in [2.24, 2.45) is 4.99 Å². The average molecular weight is 189 g/mol. The van der Waals surface area contributed by atoms with Gasteiger partial charge in [0.15, 0.2) is 0 Å². The summed E-state index contributed by atoms with van der Waals surface area (Å²) in [5.41, 5.74) is 1.50. The van der Waals surface area contributed by atoms with E-state index in [9.17, 15) is 4.79 Å². The van der Waals surface area contributed by atoms with E-state index >= 15 is 0 Å². The summed E-state index contributed by atoms with van der Waals surface area (Å²) >= 11 is 0. The summed E-state index contributed by atoms with van der Waals surface area (Å²) in [4.78, 5) is 13.4. The van der Waals surface area contributed by atoms with E-state index in [4.69, 9.17) is 4.74 Å². The Balaban J connectivity index is 2.76. The predicted octanol–water partition coefficient (Wildman–Crippen LogP) is 2.09. The number of rotatable bonds is 4. The van der Waals surface area contributed by atoms with E-state index < -0.39 is 0 Å². The lowest BCUT2D eigenvalue weighted by molar-refractivity contribution is 0.414. The fraction of sp³-hybridized carbons (Fsp3) is 0.182. The van der Waals surface area contributed by atoms with Crippen molar-refractivity contribution in [1.82, 2.24) is 0 Å². The summed E-state index contributed by atoms with van der Waals surface area (Å²) in [5, 5.41) is 0. The molecule has 0 bridgehead atoms. The zero-order valence-corrected chi connectivity index (χ0v) is 7.99. The van der Waals surface area contributed by atoms with Crippen molar-refractivity contribution in [1.29, 1.82) is 0 Å². The Morgan fingerprint density at radius 1 is 1.64 bits per heavy atom. The first-order valence-electron chi connectivity index (χ1n) is 4.15. The molecule has 0 saturated carbocycles. The molecule has 0 spiro atoms. The molecule has 3 heteroatoms. The van der Waals surface area contributed by atoms with E-state index in [1.807, 2.05) is 24.3 Å². The van der Waals surface area contributed by atoms with E-state index in [1.54, 1.807) is 7.11 Å².